The SMILES string of the molecule is Cc1cn(-c2cccc(Cl)c2F)nc(C(=O)O)c1=O. The lowest BCUT2D eigenvalue weighted by Crippen LogP contribution is -2.23. The first-order valence-electron chi connectivity index (χ1n) is 5.20. The molecule has 1 aromatic heterocycles. The van der Waals surface area contributed by atoms with Crippen LogP contribution < -0.4 is 5.43 Å². The first-order valence-corrected chi connectivity index (χ1v) is 5.58. The van der Waals surface area contributed by atoms with Gasteiger partial charge in [0.1, 0.15) is 5.69 Å². The van der Waals surface area contributed by atoms with Crippen molar-refractivity contribution in [3.8, 4) is 5.69 Å². The molecule has 7 heteroatoms. The van der Waals surface area contributed by atoms with Crippen LogP contribution in [-0.2, 0) is 0 Å². The highest BCUT2D eigenvalue weighted by Gasteiger charge is 2.16. The normalized spacial score (nSPS) is 10.5. The number of rotatable bonds is 2. The molecule has 1 heterocycles. The molecule has 98 valence electrons. The summed E-state index contributed by atoms with van der Waals surface area (Å²) in [5.74, 6) is -2.21. The van der Waals surface area contributed by atoms with Gasteiger partial charge in [-0.05, 0) is 19.1 Å². The number of hydrogen-bond acceptors (Lipinski definition) is 3. The largest absolute Gasteiger partial charge is 0.476 e. The molecular formula is C12H8ClFN2O3. The Morgan fingerprint density at radius 1 is 1.47 bits per heavy atom. The van der Waals surface area contributed by atoms with Gasteiger partial charge in [-0.2, -0.15) is 5.10 Å². The topological polar surface area (TPSA) is 72.2 Å². The van der Waals surface area contributed by atoms with Crippen molar-refractivity contribution in [1.82, 2.24) is 9.78 Å². The summed E-state index contributed by atoms with van der Waals surface area (Å²) in [6.45, 7) is 1.43. The van der Waals surface area contributed by atoms with Crippen LogP contribution in [0.1, 0.15) is 16.1 Å². The number of aryl methyl sites for hydroxylation is 1. The molecule has 0 unspecified atom stereocenters. The van der Waals surface area contributed by atoms with Crippen molar-refractivity contribution in [1.29, 1.82) is 0 Å². The summed E-state index contributed by atoms with van der Waals surface area (Å²) < 4.78 is 14.8. The van der Waals surface area contributed by atoms with E-state index < -0.39 is 22.9 Å². The summed E-state index contributed by atoms with van der Waals surface area (Å²) in [6, 6.07) is 4.23. The molecule has 1 N–H and O–H groups in total. The zero-order valence-corrected chi connectivity index (χ0v) is 10.5. The molecule has 5 nitrogen and oxygen atoms in total. The number of halogens is 2. The minimum Gasteiger partial charge on any atom is -0.476 e. The summed E-state index contributed by atoms with van der Waals surface area (Å²) in [5.41, 5.74) is -1.25. The predicted octanol–water partition coefficient (Wildman–Crippen LogP) is 2.03. The predicted molar refractivity (Wildman–Crippen MR) is 66.5 cm³/mol. The first kappa shape index (κ1) is 13.2. The van der Waals surface area contributed by atoms with Gasteiger partial charge in [0.25, 0.3) is 0 Å². The van der Waals surface area contributed by atoms with Crippen molar-refractivity contribution in [2.45, 2.75) is 6.92 Å². The van der Waals surface area contributed by atoms with E-state index in [1.165, 1.54) is 31.3 Å². The van der Waals surface area contributed by atoms with Crippen molar-refractivity contribution in [2.24, 2.45) is 0 Å². The summed E-state index contributed by atoms with van der Waals surface area (Å²) in [5, 5.41) is 12.4. The van der Waals surface area contributed by atoms with Crippen molar-refractivity contribution in [3.05, 3.63) is 56.7 Å². The van der Waals surface area contributed by atoms with Gasteiger partial charge in [0.15, 0.2) is 5.82 Å². The molecule has 0 spiro atoms. The molecule has 0 saturated heterocycles. The van der Waals surface area contributed by atoms with Crippen LogP contribution in [0.4, 0.5) is 4.39 Å². The van der Waals surface area contributed by atoms with Gasteiger partial charge in [-0.1, -0.05) is 17.7 Å². The van der Waals surface area contributed by atoms with Crippen molar-refractivity contribution < 1.29 is 14.3 Å². The molecule has 0 radical (unpaired) electrons. The molecule has 0 bridgehead atoms. The Bertz CT molecular complexity index is 727. The standard InChI is InChI=1S/C12H8ClFN2O3/c1-6-5-16(15-10(11(6)17)12(18)19)8-4-2-3-7(13)9(8)14/h2-5H,1H3,(H,18,19). The number of aromatic nitrogens is 2. The third kappa shape index (κ3) is 2.34. The third-order valence-electron chi connectivity index (χ3n) is 2.48. The highest BCUT2D eigenvalue weighted by atomic mass is 35.5. The van der Waals surface area contributed by atoms with E-state index in [-0.39, 0.29) is 16.3 Å². The van der Waals surface area contributed by atoms with E-state index in [1.807, 2.05) is 0 Å². The Morgan fingerprint density at radius 3 is 2.79 bits per heavy atom. The van der Waals surface area contributed by atoms with Crippen LogP contribution in [-0.4, -0.2) is 20.9 Å². The number of carboxylic acids is 1. The van der Waals surface area contributed by atoms with Crippen LogP contribution in [0.5, 0.6) is 0 Å². The minimum atomic E-state index is -1.47. The van der Waals surface area contributed by atoms with Crippen LogP contribution >= 0.6 is 11.6 Å². The van der Waals surface area contributed by atoms with E-state index in [2.05, 4.69) is 5.10 Å². The van der Waals surface area contributed by atoms with Gasteiger partial charge in [0, 0.05) is 11.8 Å². The number of aromatic carboxylic acids is 1. The molecule has 0 aliphatic carbocycles. The molecule has 1 aromatic carbocycles. The van der Waals surface area contributed by atoms with E-state index in [9.17, 15) is 14.0 Å². The van der Waals surface area contributed by atoms with E-state index in [4.69, 9.17) is 16.7 Å². The van der Waals surface area contributed by atoms with Gasteiger partial charge in [-0.25, -0.2) is 13.9 Å². The monoisotopic (exact) mass is 282 g/mol. The summed E-state index contributed by atoms with van der Waals surface area (Å²) in [6.07, 6.45) is 1.25. The molecule has 0 fully saturated rings. The van der Waals surface area contributed by atoms with Crippen LogP contribution in [0.2, 0.25) is 5.02 Å². The van der Waals surface area contributed by atoms with Crippen LogP contribution in [0.25, 0.3) is 5.69 Å². The molecule has 0 saturated carbocycles. The average molecular weight is 283 g/mol. The molecule has 0 aliphatic rings. The van der Waals surface area contributed by atoms with Gasteiger partial charge in [0.05, 0.1) is 5.02 Å². The summed E-state index contributed by atoms with van der Waals surface area (Å²) in [7, 11) is 0. The second-order valence-corrected chi connectivity index (χ2v) is 4.22. The summed E-state index contributed by atoms with van der Waals surface area (Å²) in [4.78, 5) is 22.5. The van der Waals surface area contributed by atoms with Crippen molar-refractivity contribution in [3.63, 3.8) is 0 Å². The Labute approximate surface area is 111 Å². The zero-order chi connectivity index (χ0) is 14.2. The molecule has 2 rings (SSSR count). The molecule has 0 amide bonds. The quantitative estimate of drug-likeness (QED) is 0.915. The molecule has 19 heavy (non-hydrogen) atoms. The van der Waals surface area contributed by atoms with Crippen LogP contribution in [0, 0.1) is 12.7 Å². The smallest absolute Gasteiger partial charge is 0.360 e. The third-order valence-corrected chi connectivity index (χ3v) is 2.77. The molecule has 0 aliphatic heterocycles. The number of nitrogens with zero attached hydrogens (tertiary/aromatic N) is 2. The number of hydrogen-bond donors (Lipinski definition) is 1. The van der Waals surface area contributed by atoms with Gasteiger partial charge >= 0.3 is 5.97 Å². The fraction of sp³-hybridized carbons (Fsp3) is 0.0833. The van der Waals surface area contributed by atoms with E-state index in [0.29, 0.717) is 0 Å². The molecule has 2 aromatic rings. The lowest BCUT2D eigenvalue weighted by Gasteiger charge is -2.09. The van der Waals surface area contributed by atoms with E-state index in [0.717, 1.165) is 4.68 Å². The molecular weight excluding hydrogens is 275 g/mol. The number of benzene rings is 1. The minimum absolute atomic E-state index is 0.0295. The first-order chi connectivity index (χ1) is 8.91. The second-order valence-electron chi connectivity index (χ2n) is 3.81. The summed E-state index contributed by atoms with van der Waals surface area (Å²) >= 11 is 5.64. The Balaban J connectivity index is 2.74. The zero-order valence-electron chi connectivity index (χ0n) is 9.72. The maximum atomic E-state index is 13.8. The van der Waals surface area contributed by atoms with Gasteiger partial charge in [-0.3, -0.25) is 4.79 Å². The van der Waals surface area contributed by atoms with Gasteiger partial charge < -0.3 is 5.11 Å². The van der Waals surface area contributed by atoms with Crippen molar-refractivity contribution in [2.75, 3.05) is 0 Å². The second kappa shape index (κ2) is 4.81. The Kier molecular flexibility index (Phi) is 3.35. The maximum absolute atomic E-state index is 13.8. The fourth-order valence-electron chi connectivity index (χ4n) is 1.54. The highest BCUT2D eigenvalue weighted by Crippen LogP contribution is 2.20. The Morgan fingerprint density at radius 2 is 2.16 bits per heavy atom. The van der Waals surface area contributed by atoms with Gasteiger partial charge in [-0.15, -0.1) is 0 Å². The molecule has 0 atom stereocenters. The van der Waals surface area contributed by atoms with Gasteiger partial charge in [0.2, 0.25) is 11.1 Å². The van der Waals surface area contributed by atoms with Crippen LogP contribution in [0.15, 0.2) is 29.2 Å². The van der Waals surface area contributed by atoms with E-state index in [1.54, 1.807) is 0 Å². The Hall–Kier alpha value is -2.21. The van der Waals surface area contributed by atoms with Crippen molar-refractivity contribution >= 4 is 17.6 Å². The number of carbonyl (C=O) groups is 1. The van der Waals surface area contributed by atoms with E-state index >= 15 is 0 Å². The maximum Gasteiger partial charge on any atom is 0.360 e. The lowest BCUT2D eigenvalue weighted by molar-refractivity contribution is 0.0686. The lowest BCUT2D eigenvalue weighted by atomic mass is 10.2. The fourth-order valence-corrected chi connectivity index (χ4v) is 1.71. The highest BCUT2D eigenvalue weighted by molar-refractivity contribution is 6.30. The average Bonchev–Trinajstić information content (AvgIpc) is 2.35. The number of carboxylic acid groups (broad SMARTS) is 1. The van der Waals surface area contributed by atoms with Crippen LogP contribution in [0.3, 0.4) is 0 Å².